The molecule has 2 aromatic carbocycles. The lowest BCUT2D eigenvalue weighted by Gasteiger charge is -2.48. The van der Waals surface area contributed by atoms with Gasteiger partial charge in [-0.1, -0.05) is 116 Å². The van der Waals surface area contributed by atoms with E-state index in [1.54, 1.807) is 11.1 Å². The van der Waals surface area contributed by atoms with E-state index in [-0.39, 0.29) is 0 Å². The summed E-state index contributed by atoms with van der Waals surface area (Å²) in [6.45, 7) is 20.5. The number of benzene rings is 2. The van der Waals surface area contributed by atoms with Gasteiger partial charge in [0.2, 0.25) is 0 Å². The average molecular weight is 409 g/mol. The minimum atomic E-state index is 0.440. The highest BCUT2D eigenvalue weighted by molar-refractivity contribution is 5.79. The van der Waals surface area contributed by atoms with Crippen LogP contribution < -0.4 is 0 Å². The van der Waals surface area contributed by atoms with E-state index in [0.29, 0.717) is 10.8 Å². The molecule has 0 heteroatoms. The highest BCUT2D eigenvalue weighted by Crippen LogP contribution is 2.69. The van der Waals surface area contributed by atoms with Crippen molar-refractivity contribution in [2.45, 2.75) is 119 Å². The molecular formula is C30H48. The molecule has 2 aromatic rings. The number of rotatable bonds is 0. The molecule has 0 amide bonds. The first-order chi connectivity index (χ1) is 14.7. The van der Waals surface area contributed by atoms with E-state index in [9.17, 15) is 0 Å². The fourth-order valence-corrected chi connectivity index (χ4v) is 6.22. The lowest BCUT2D eigenvalue weighted by molar-refractivity contribution is 0.299. The Kier molecular flexibility index (Phi) is 10.4. The average Bonchev–Trinajstić information content (AvgIpc) is 3.38. The van der Waals surface area contributed by atoms with Crippen LogP contribution in [0.1, 0.15) is 116 Å². The van der Waals surface area contributed by atoms with Crippen molar-refractivity contribution in [2.24, 2.45) is 0 Å². The van der Waals surface area contributed by atoms with Crippen LogP contribution in [0.2, 0.25) is 0 Å². The normalized spacial score (nSPS) is 23.8. The summed E-state index contributed by atoms with van der Waals surface area (Å²) in [5, 5.41) is 0. The smallest absolute Gasteiger partial charge is 0.00563 e. The summed E-state index contributed by atoms with van der Waals surface area (Å²) in [7, 11) is 0. The van der Waals surface area contributed by atoms with Crippen LogP contribution in [-0.4, -0.2) is 0 Å². The second-order valence-electron chi connectivity index (χ2n) is 7.97. The van der Waals surface area contributed by atoms with E-state index in [0.717, 1.165) is 0 Å². The Morgan fingerprint density at radius 3 is 1.10 bits per heavy atom. The molecule has 0 spiro atoms. The molecule has 0 saturated heterocycles. The first-order valence-electron chi connectivity index (χ1n) is 12.9. The predicted octanol–water partition coefficient (Wildman–Crippen LogP) is 9.93. The van der Waals surface area contributed by atoms with Crippen LogP contribution in [0.3, 0.4) is 0 Å². The van der Waals surface area contributed by atoms with Crippen molar-refractivity contribution in [3.63, 3.8) is 0 Å². The highest BCUT2D eigenvalue weighted by atomic mass is 14.6. The van der Waals surface area contributed by atoms with Gasteiger partial charge in [-0.05, 0) is 61.8 Å². The lowest BCUT2D eigenvalue weighted by Crippen LogP contribution is -2.43. The standard InChI is InChI=1S/C22H24.4C2H6/c1-15-5-7-17-18-8-6-16(2)14-20(18)22-11-3-9-21(22,10-4-12-22)19(17)13-15;4*1-2/h5-8,13-14H,3-4,9-12H2,1-2H3;4*1-2H3. The fourth-order valence-electron chi connectivity index (χ4n) is 6.22. The Labute approximate surface area is 188 Å². The molecular weight excluding hydrogens is 360 g/mol. The van der Waals surface area contributed by atoms with Gasteiger partial charge in [0.1, 0.15) is 0 Å². The van der Waals surface area contributed by atoms with E-state index in [1.807, 2.05) is 55.4 Å². The van der Waals surface area contributed by atoms with E-state index in [4.69, 9.17) is 0 Å². The Balaban J connectivity index is 0.000000509. The van der Waals surface area contributed by atoms with Crippen molar-refractivity contribution in [1.29, 1.82) is 0 Å². The van der Waals surface area contributed by atoms with Crippen LogP contribution in [0.15, 0.2) is 36.4 Å². The van der Waals surface area contributed by atoms with E-state index in [1.165, 1.54) is 60.8 Å². The molecule has 2 fully saturated rings. The van der Waals surface area contributed by atoms with Crippen molar-refractivity contribution < 1.29 is 0 Å². The topological polar surface area (TPSA) is 0 Å². The quantitative estimate of drug-likeness (QED) is 0.407. The van der Waals surface area contributed by atoms with Crippen molar-refractivity contribution in [2.75, 3.05) is 0 Å². The molecule has 0 radical (unpaired) electrons. The third-order valence-corrected chi connectivity index (χ3v) is 7.00. The third-order valence-electron chi connectivity index (χ3n) is 7.00. The molecule has 3 aliphatic carbocycles. The Hall–Kier alpha value is -1.56. The second-order valence-corrected chi connectivity index (χ2v) is 7.97. The maximum absolute atomic E-state index is 2.52. The van der Waals surface area contributed by atoms with Gasteiger partial charge in [-0.15, -0.1) is 0 Å². The van der Waals surface area contributed by atoms with Gasteiger partial charge in [0.05, 0.1) is 0 Å². The summed E-state index contributed by atoms with van der Waals surface area (Å²) >= 11 is 0. The molecule has 0 atom stereocenters. The van der Waals surface area contributed by atoms with Crippen molar-refractivity contribution >= 4 is 0 Å². The van der Waals surface area contributed by atoms with Crippen molar-refractivity contribution in [3.05, 3.63) is 58.7 Å². The lowest BCUT2D eigenvalue weighted by atomic mass is 9.55. The Bertz CT molecular complexity index is 705. The molecule has 0 bridgehead atoms. The van der Waals surface area contributed by atoms with Gasteiger partial charge in [0.15, 0.2) is 0 Å². The van der Waals surface area contributed by atoms with Crippen molar-refractivity contribution in [1.82, 2.24) is 0 Å². The third kappa shape index (κ3) is 4.00. The SMILES string of the molecule is CC.CC.CC.CC.Cc1ccc2c(c1)C13CCCC1(CCC3)c1cc(C)ccc1-2. The van der Waals surface area contributed by atoms with Crippen LogP contribution in [0, 0.1) is 13.8 Å². The molecule has 30 heavy (non-hydrogen) atoms. The molecule has 0 N–H and O–H groups in total. The van der Waals surface area contributed by atoms with Crippen LogP contribution >= 0.6 is 0 Å². The summed E-state index contributed by atoms with van der Waals surface area (Å²) < 4.78 is 0. The minimum Gasteiger partial charge on any atom is -0.0683 e. The summed E-state index contributed by atoms with van der Waals surface area (Å²) in [6.07, 6.45) is 8.41. The van der Waals surface area contributed by atoms with Gasteiger partial charge in [-0.25, -0.2) is 0 Å². The van der Waals surface area contributed by atoms with E-state index < -0.39 is 0 Å². The number of fused-ring (bicyclic) bond motifs is 3. The van der Waals surface area contributed by atoms with Gasteiger partial charge in [0, 0.05) is 10.8 Å². The van der Waals surface area contributed by atoms with Crippen LogP contribution in [0.5, 0.6) is 0 Å². The molecule has 0 aliphatic heterocycles. The first kappa shape index (κ1) is 26.5. The maximum Gasteiger partial charge on any atom is 0.00563 e. The molecule has 0 unspecified atom stereocenters. The van der Waals surface area contributed by atoms with Crippen molar-refractivity contribution in [3.8, 4) is 11.1 Å². The van der Waals surface area contributed by atoms with Gasteiger partial charge in [-0.2, -0.15) is 0 Å². The van der Waals surface area contributed by atoms with Gasteiger partial charge in [0.25, 0.3) is 0 Å². The van der Waals surface area contributed by atoms with Gasteiger partial charge < -0.3 is 0 Å². The number of hydrogen-bond acceptors (Lipinski definition) is 0. The number of aryl methyl sites for hydroxylation is 2. The zero-order valence-electron chi connectivity index (χ0n) is 21.7. The monoisotopic (exact) mass is 408 g/mol. The summed E-state index contributed by atoms with van der Waals surface area (Å²) in [6, 6.07) is 14.4. The molecule has 5 rings (SSSR count). The van der Waals surface area contributed by atoms with E-state index in [2.05, 4.69) is 50.2 Å². The van der Waals surface area contributed by atoms with Gasteiger partial charge >= 0.3 is 0 Å². The fraction of sp³-hybridized carbons (Fsp3) is 0.600. The Morgan fingerprint density at radius 1 is 0.500 bits per heavy atom. The van der Waals surface area contributed by atoms with Gasteiger partial charge in [-0.3, -0.25) is 0 Å². The predicted molar refractivity (Wildman–Crippen MR) is 138 cm³/mol. The first-order valence-corrected chi connectivity index (χ1v) is 12.9. The zero-order chi connectivity index (χ0) is 22.9. The number of hydrogen-bond donors (Lipinski definition) is 0. The van der Waals surface area contributed by atoms with Crippen LogP contribution in [0.25, 0.3) is 11.1 Å². The maximum atomic E-state index is 2.52. The van der Waals surface area contributed by atoms with Crippen LogP contribution in [0.4, 0.5) is 0 Å². The second kappa shape index (κ2) is 11.7. The molecule has 3 aliphatic rings. The largest absolute Gasteiger partial charge is 0.0683 e. The summed E-state index contributed by atoms with van der Waals surface area (Å²) in [5.41, 5.74) is 10.1. The minimum absolute atomic E-state index is 0.440. The zero-order valence-corrected chi connectivity index (χ0v) is 21.7. The summed E-state index contributed by atoms with van der Waals surface area (Å²) in [4.78, 5) is 0. The summed E-state index contributed by atoms with van der Waals surface area (Å²) in [5.74, 6) is 0. The van der Waals surface area contributed by atoms with E-state index >= 15 is 0 Å². The van der Waals surface area contributed by atoms with Crippen LogP contribution in [-0.2, 0) is 10.8 Å². The molecule has 0 heterocycles. The molecule has 0 aromatic heterocycles. The molecule has 0 nitrogen and oxygen atoms in total. The molecule has 2 saturated carbocycles. The highest BCUT2D eigenvalue weighted by Gasteiger charge is 2.62. The molecule has 168 valence electrons. The Morgan fingerprint density at radius 2 is 0.800 bits per heavy atom.